The Hall–Kier alpha value is -3.28. The lowest BCUT2D eigenvalue weighted by atomic mass is 10.0. The monoisotopic (exact) mass is 406 g/mol. The molecule has 0 spiro atoms. The molecule has 0 unspecified atom stereocenters. The fourth-order valence-electron chi connectivity index (χ4n) is 4.10. The molecule has 1 aliphatic rings. The summed E-state index contributed by atoms with van der Waals surface area (Å²) < 4.78 is 11.0. The molecular formula is C24H26N2O4. The van der Waals surface area contributed by atoms with Crippen molar-refractivity contribution in [3.05, 3.63) is 78.1 Å². The Morgan fingerprint density at radius 1 is 1.03 bits per heavy atom. The third kappa shape index (κ3) is 4.03. The molecule has 2 heterocycles. The van der Waals surface area contributed by atoms with E-state index in [1.807, 2.05) is 31.2 Å². The molecule has 6 heteroatoms. The normalized spacial score (nSPS) is 15.1. The predicted octanol–water partition coefficient (Wildman–Crippen LogP) is 4.88. The van der Waals surface area contributed by atoms with Crippen molar-refractivity contribution in [2.75, 3.05) is 4.90 Å². The van der Waals surface area contributed by atoms with Gasteiger partial charge in [0, 0.05) is 11.7 Å². The topological polar surface area (TPSA) is 75.7 Å². The van der Waals surface area contributed by atoms with Crippen molar-refractivity contribution >= 4 is 17.5 Å². The minimum absolute atomic E-state index is 0.122. The number of amides is 2. The summed E-state index contributed by atoms with van der Waals surface area (Å²) in [6.45, 7) is 2.02. The van der Waals surface area contributed by atoms with Gasteiger partial charge in [0.2, 0.25) is 0 Å². The fourth-order valence-corrected chi connectivity index (χ4v) is 4.10. The number of furan rings is 2. The van der Waals surface area contributed by atoms with Crippen LogP contribution in [0.5, 0.6) is 0 Å². The molecule has 4 rings (SSSR count). The van der Waals surface area contributed by atoms with Crippen molar-refractivity contribution < 1.29 is 18.4 Å². The molecule has 0 saturated heterocycles. The van der Waals surface area contributed by atoms with Crippen LogP contribution < -0.4 is 10.2 Å². The van der Waals surface area contributed by atoms with E-state index in [4.69, 9.17) is 8.83 Å². The molecule has 1 aliphatic carbocycles. The van der Waals surface area contributed by atoms with Crippen molar-refractivity contribution in [2.24, 2.45) is 0 Å². The zero-order valence-electron chi connectivity index (χ0n) is 17.0. The van der Waals surface area contributed by atoms with Gasteiger partial charge in [0.25, 0.3) is 11.8 Å². The number of benzene rings is 1. The van der Waals surface area contributed by atoms with Crippen LogP contribution in [-0.2, 0) is 11.2 Å². The molecule has 2 aromatic heterocycles. The van der Waals surface area contributed by atoms with E-state index in [-0.39, 0.29) is 23.6 Å². The van der Waals surface area contributed by atoms with Gasteiger partial charge in [-0.15, -0.1) is 0 Å². The SMILES string of the molecule is CCc1ccccc1N(C(=O)c1ccco1)[C@@H](C(=O)NC1CCCC1)c1ccco1. The maximum atomic E-state index is 13.6. The first kappa shape index (κ1) is 20.0. The van der Waals surface area contributed by atoms with E-state index in [0.717, 1.165) is 31.2 Å². The van der Waals surface area contributed by atoms with Crippen LogP contribution in [0.1, 0.15) is 60.5 Å². The predicted molar refractivity (Wildman–Crippen MR) is 113 cm³/mol. The van der Waals surface area contributed by atoms with Gasteiger partial charge in [-0.2, -0.15) is 0 Å². The minimum atomic E-state index is -0.939. The molecule has 3 aromatic rings. The Kier molecular flexibility index (Phi) is 6.02. The summed E-state index contributed by atoms with van der Waals surface area (Å²) in [6.07, 6.45) is 7.80. The van der Waals surface area contributed by atoms with Crippen LogP contribution in [0, 0.1) is 0 Å². The number of para-hydroxylation sites is 1. The maximum absolute atomic E-state index is 13.6. The van der Waals surface area contributed by atoms with Gasteiger partial charge in [0.05, 0.1) is 12.5 Å². The molecule has 0 radical (unpaired) electrons. The second-order valence-corrected chi connectivity index (χ2v) is 7.54. The van der Waals surface area contributed by atoms with Crippen LogP contribution in [0.3, 0.4) is 0 Å². The van der Waals surface area contributed by atoms with Gasteiger partial charge >= 0.3 is 0 Å². The zero-order chi connectivity index (χ0) is 20.9. The van der Waals surface area contributed by atoms with Crippen LogP contribution in [0.2, 0.25) is 0 Å². The molecule has 6 nitrogen and oxygen atoms in total. The fraction of sp³-hybridized carbons (Fsp3) is 0.333. The van der Waals surface area contributed by atoms with E-state index in [1.54, 1.807) is 24.3 Å². The summed E-state index contributed by atoms with van der Waals surface area (Å²) >= 11 is 0. The molecule has 1 N–H and O–H groups in total. The minimum Gasteiger partial charge on any atom is -0.467 e. The third-order valence-corrected chi connectivity index (χ3v) is 5.60. The van der Waals surface area contributed by atoms with Crippen LogP contribution >= 0.6 is 0 Å². The number of carbonyl (C=O) groups excluding carboxylic acids is 2. The number of aryl methyl sites for hydroxylation is 1. The molecule has 30 heavy (non-hydrogen) atoms. The molecule has 156 valence electrons. The first-order valence-corrected chi connectivity index (χ1v) is 10.5. The van der Waals surface area contributed by atoms with Gasteiger partial charge < -0.3 is 14.2 Å². The molecular weight excluding hydrogens is 380 g/mol. The maximum Gasteiger partial charge on any atom is 0.295 e. The van der Waals surface area contributed by atoms with E-state index in [0.29, 0.717) is 17.9 Å². The Morgan fingerprint density at radius 2 is 1.77 bits per heavy atom. The quantitative estimate of drug-likeness (QED) is 0.607. The number of nitrogens with zero attached hydrogens (tertiary/aromatic N) is 1. The highest BCUT2D eigenvalue weighted by Crippen LogP contribution is 2.33. The lowest BCUT2D eigenvalue weighted by molar-refractivity contribution is -0.123. The van der Waals surface area contributed by atoms with Crippen molar-refractivity contribution in [1.29, 1.82) is 0 Å². The van der Waals surface area contributed by atoms with Crippen LogP contribution in [0.4, 0.5) is 5.69 Å². The summed E-state index contributed by atoms with van der Waals surface area (Å²) in [5.74, 6) is -0.0472. The van der Waals surface area contributed by atoms with Gasteiger partial charge in [-0.05, 0) is 55.2 Å². The highest BCUT2D eigenvalue weighted by molar-refractivity contribution is 6.09. The van der Waals surface area contributed by atoms with Gasteiger partial charge in [-0.25, -0.2) is 0 Å². The summed E-state index contributed by atoms with van der Waals surface area (Å²) in [5.41, 5.74) is 1.63. The van der Waals surface area contributed by atoms with E-state index >= 15 is 0 Å². The number of hydrogen-bond acceptors (Lipinski definition) is 4. The Morgan fingerprint density at radius 3 is 2.43 bits per heavy atom. The number of carbonyl (C=O) groups is 2. The lowest BCUT2D eigenvalue weighted by Crippen LogP contribution is -2.46. The Bertz CT molecular complexity index is 973. The summed E-state index contributed by atoms with van der Waals surface area (Å²) in [4.78, 5) is 28.6. The molecule has 2 amide bonds. The van der Waals surface area contributed by atoms with Crippen molar-refractivity contribution in [3.8, 4) is 0 Å². The van der Waals surface area contributed by atoms with E-state index < -0.39 is 6.04 Å². The number of rotatable bonds is 7. The highest BCUT2D eigenvalue weighted by atomic mass is 16.3. The van der Waals surface area contributed by atoms with Crippen LogP contribution in [-0.4, -0.2) is 17.9 Å². The van der Waals surface area contributed by atoms with Gasteiger partial charge in [0.1, 0.15) is 5.76 Å². The number of nitrogens with one attached hydrogen (secondary N) is 1. The first-order valence-electron chi connectivity index (χ1n) is 10.5. The van der Waals surface area contributed by atoms with E-state index in [1.165, 1.54) is 17.4 Å². The average molecular weight is 406 g/mol. The van der Waals surface area contributed by atoms with Crippen LogP contribution in [0.25, 0.3) is 0 Å². The summed E-state index contributed by atoms with van der Waals surface area (Å²) in [6, 6.07) is 13.5. The van der Waals surface area contributed by atoms with Crippen molar-refractivity contribution in [2.45, 2.75) is 51.1 Å². The number of hydrogen-bond donors (Lipinski definition) is 1. The molecule has 1 fully saturated rings. The molecule has 0 bridgehead atoms. The first-order chi connectivity index (χ1) is 14.7. The molecule has 1 aromatic carbocycles. The van der Waals surface area contributed by atoms with E-state index in [9.17, 15) is 9.59 Å². The summed E-state index contributed by atoms with van der Waals surface area (Å²) in [7, 11) is 0. The van der Waals surface area contributed by atoms with Crippen molar-refractivity contribution in [3.63, 3.8) is 0 Å². The Labute approximate surface area is 175 Å². The standard InChI is InChI=1S/C24H26N2O4/c1-2-17-9-3-6-12-19(17)26(24(28)21-14-8-16-30-21)22(20-13-7-15-29-20)23(27)25-18-10-4-5-11-18/h3,6-9,12-16,18,22H,2,4-5,10-11H2,1H3,(H,25,27)/t22-/m1/s1. The molecule has 0 aliphatic heterocycles. The third-order valence-electron chi connectivity index (χ3n) is 5.60. The van der Waals surface area contributed by atoms with E-state index in [2.05, 4.69) is 5.32 Å². The largest absolute Gasteiger partial charge is 0.467 e. The number of anilines is 1. The van der Waals surface area contributed by atoms with Gasteiger partial charge in [-0.1, -0.05) is 38.0 Å². The van der Waals surface area contributed by atoms with Crippen molar-refractivity contribution in [1.82, 2.24) is 5.32 Å². The second kappa shape index (κ2) is 9.03. The smallest absolute Gasteiger partial charge is 0.295 e. The Balaban J connectivity index is 1.80. The summed E-state index contributed by atoms with van der Waals surface area (Å²) in [5, 5.41) is 3.13. The molecule has 1 saturated carbocycles. The van der Waals surface area contributed by atoms with Gasteiger partial charge in [-0.3, -0.25) is 14.5 Å². The molecule has 1 atom stereocenters. The average Bonchev–Trinajstić information content (AvgIpc) is 3.55. The second-order valence-electron chi connectivity index (χ2n) is 7.54. The zero-order valence-corrected chi connectivity index (χ0v) is 17.0. The lowest BCUT2D eigenvalue weighted by Gasteiger charge is -2.31. The highest BCUT2D eigenvalue weighted by Gasteiger charge is 2.38. The van der Waals surface area contributed by atoms with Crippen LogP contribution in [0.15, 0.2) is 69.9 Å². The van der Waals surface area contributed by atoms with Gasteiger partial charge in [0.15, 0.2) is 11.8 Å².